The molecule has 0 bridgehead atoms. The molecule has 0 radical (unpaired) electrons. The van der Waals surface area contributed by atoms with E-state index in [9.17, 15) is 60.0 Å². The maximum Gasteiger partial charge on any atom is 0.327 e. The zero-order valence-electron chi connectivity index (χ0n) is 47.7. The van der Waals surface area contributed by atoms with Crippen molar-refractivity contribution in [3.05, 3.63) is 144 Å². The Hall–Kier alpha value is -4.40. The molecule has 0 spiro atoms. The van der Waals surface area contributed by atoms with Crippen LogP contribution >= 0.6 is 46.4 Å². The molecule has 0 amide bonds. The Balaban J connectivity index is 0.000000533. The number of halogens is 4. The number of alkyl halides is 4. The zero-order valence-corrected chi connectivity index (χ0v) is 50.7. The predicted octanol–water partition coefficient (Wildman–Crippen LogP) is 7.60. The summed E-state index contributed by atoms with van der Waals surface area (Å²) in [5, 5.41) is 74.3. The average molecular weight is 1200 g/mol. The lowest BCUT2D eigenvalue weighted by atomic mass is 10.0. The van der Waals surface area contributed by atoms with Crippen LogP contribution in [0.2, 0.25) is 0 Å². The van der Waals surface area contributed by atoms with Gasteiger partial charge in [-0.05, 0) is 105 Å². The van der Waals surface area contributed by atoms with E-state index in [4.69, 9.17) is 65.4 Å². The van der Waals surface area contributed by atoms with Gasteiger partial charge in [-0.1, -0.05) is 121 Å². The lowest BCUT2D eigenvalue weighted by Gasteiger charge is -2.25. The molecule has 0 saturated heterocycles. The molecule has 12 atom stereocenters. The first-order valence-electron chi connectivity index (χ1n) is 25.9. The molecule has 16 nitrogen and oxygen atoms in total. The highest BCUT2D eigenvalue weighted by atomic mass is 35.5. The summed E-state index contributed by atoms with van der Waals surface area (Å²) >= 11 is 23.5. The van der Waals surface area contributed by atoms with E-state index in [0.29, 0.717) is 0 Å². The number of hydrogen-bond acceptors (Lipinski definition) is 16. The number of carbonyl (C=O) groups excluding carboxylic acids is 4. The molecule has 0 aliphatic rings. The van der Waals surface area contributed by atoms with E-state index < -0.39 is 117 Å². The third-order valence-corrected chi connectivity index (χ3v) is 12.2. The Morgan fingerprint density at radius 2 is 0.450 bits per heavy atom. The molecule has 8 N–H and O–H groups in total. The predicted molar refractivity (Wildman–Crippen MR) is 311 cm³/mol. The molecule has 80 heavy (non-hydrogen) atoms. The number of aliphatic hydroxyl groups excluding tert-OH is 8. The molecule has 20 heteroatoms. The first-order chi connectivity index (χ1) is 36.8. The minimum Gasteiger partial charge on any atom is -0.459 e. The van der Waals surface area contributed by atoms with E-state index in [1.54, 1.807) is 83.1 Å². The van der Waals surface area contributed by atoms with Gasteiger partial charge in [-0.2, -0.15) is 0 Å². The Kier molecular flexibility index (Phi) is 32.1. The van der Waals surface area contributed by atoms with Gasteiger partial charge in [0.2, 0.25) is 0 Å². The summed E-state index contributed by atoms with van der Waals surface area (Å²) in [6, 6.07) is 36.7. The normalized spacial score (nSPS) is 16.3. The fourth-order valence-corrected chi connectivity index (χ4v) is 7.53. The van der Waals surface area contributed by atoms with Crippen LogP contribution in [0.3, 0.4) is 0 Å². The van der Waals surface area contributed by atoms with Crippen molar-refractivity contribution >= 4 is 70.3 Å². The van der Waals surface area contributed by atoms with Crippen molar-refractivity contribution in [2.45, 2.75) is 202 Å². The Morgan fingerprint density at radius 3 is 0.575 bits per heavy atom. The van der Waals surface area contributed by atoms with E-state index >= 15 is 0 Å². The van der Waals surface area contributed by atoms with Crippen molar-refractivity contribution in [3.8, 4) is 0 Å². The maximum absolute atomic E-state index is 11.7. The van der Waals surface area contributed by atoms with Crippen molar-refractivity contribution in [1.29, 1.82) is 0 Å². The third-order valence-electron chi connectivity index (χ3n) is 10.5. The first kappa shape index (κ1) is 73.6. The van der Waals surface area contributed by atoms with Gasteiger partial charge >= 0.3 is 23.9 Å². The SMILES string of the molecule is CC(C)(C)OC(=O)[C@@H](Cl)[C@@H](O)[C@H](O)Cc1ccccc1.CC(C)(C)OC(=O)[C@@H](Cl)[C@@H](O)[C@H](O)Cc1ccccc1.CC(C)(C)OC(=O)[C@@H](Cl)[C@@H](O)[C@H](O)Cc1ccccc1.CC(C)(C)OC(=O)[C@@H](Cl)[C@@H](O)[C@H](O)Cc1ccccc1. The highest BCUT2D eigenvalue weighted by molar-refractivity contribution is 6.31. The Bertz CT molecular complexity index is 2040. The lowest BCUT2D eigenvalue weighted by Crippen LogP contribution is -2.42. The molecule has 0 aromatic heterocycles. The number of esters is 4. The monoisotopic (exact) mass is 1200 g/mol. The second kappa shape index (κ2) is 34.9. The third kappa shape index (κ3) is 31.1. The summed E-state index contributed by atoms with van der Waals surface area (Å²) in [5.74, 6) is -2.95. The zero-order chi connectivity index (χ0) is 61.3. The molecular weight excluding hydrogens is 1120 g/mol. The van der Waals surface area contributed by atoms with Gasteiger partial charge in [0.15, 0.2) is 21.5 Å². The van der Waals surface area contributed by atoms with Gasteiger partial charge < -0.3 is 59.8 Å². The molecule has 4 rings (SSSR count). The summed E-state index contributed by atoms with van der Waals surface area (Å²) in [5.41, 5.74) is 0.670. The molecule has 4 aromatic rings. The average Bonchev–Trinajstić information content (AvgIpc) is 3.36. The van der Waals surface area contributed by atoms with Gasteiger partial charge in [-0.3, -0.25) is 19.2 Å². The minimum atomic E-state index is -1.38. The van der Waals surface area contributed by atoms with Gasteiger partial charge in [-0.15, -0.1) is 46.4 Å². The second-order valence-corrected chi connectivity index (χ2v) is 24.6. The quantitative estimate of drug-likeness (QED) is 0.0241. The molecule has 448 valence electrons. The van der Waals surface area contributed by atoms with Crippen molar-refractivity contribution in [2.75, 3.05) is 0 Å². The summed E-state index contributed by atoms with van der Waals surface area (Å²) in [6.45, 7) is 20.5. The van der Waals surface area contributed by atoms with Gasteiger partial charge in [0.05, 0.1) is 24.4 Å². The van der Waals surface area contributed by atoms with Crippen LogP contribution < -0.4 is 0 Å². The molecular formula is C60H84Cl4O16. The molecule has 0 fully saturated rings. The van der Waals surface area contributed by atoms with E-state index in [-0.39, 0.29) is 25.7 Å². The molecule has 0 heterocycles. The first-order valence-corrected chi connectivity index (χ1v) is 27.6. The van der Waals surface area contributed by atoms with E-state index in [1.807, 2.05) is 121 Å². The van der Waals surface area contributed by atoms with Crippen molar-refractivity contribution in [2.24, 2.45) is 0 Å². The summed E-state index contributed by atoms with van der Waals surface area (Å²) in [4.78, 5) is 46.9. The summed E-state index contributed by atoms with van der Waals surface area (Å²) < 4.78 is 20.3. The molecule has 0 saturated carbocycles. The van der Waals surface area contributed by atoms with Crippen molar-refractivity contribution in [3.63, 3.8) is 0 Å². The topological polar surface area (TPSA) is 267 Å². The van der Waals surface area contributed by atoms with Crippen LogP contribution in [-0.2, 0) is 63.8 Å². The molecule has 0 aliphatic heterocycles. The number of benzene rings is 4. The maximum atomic E-state index is 11.7. The van der Waals surface area contributed by atoms with Crippen LogP contribution in [0.5, 0.6) is 0 Å². The molecule has 4 aromatic carbocycles. The molecule has 0 unspecified atom stereocenters. The Labute approximate surface area is 491 Å². The van der Waals surface area contributed by atoms with E-state index in [1.165, 1.54) is 0 Å². The number of rotatable bonds is 20. The second-order valence-electron chi connectivity index (χ2n) is 22.7. The number of hydrogen-bond donors (Lipinski definition) is 8. The number of carbonyl (C=O) groups is 4. The summed E-state index contributed by atoms with van der Waals surface area (Å²) in [7, 11) is 0. The van der Waals surface area contributed by atoms with Gasteiger partial charge in [0.25, 0.3) is 0 Å². The summed E-state index contributed by atoms with van der Waals surface area (Å²) in [6.07, 6.45) is -9.19. The van der Waals surface area contributed by atoms with Crippen LogP contribution in [0.4, 0.5) is 0 Å². The standard InChI is InChI=1S/4C15H21ClO4/c4*1-15(2,3)20-14(19)12(16)13(18)11(17)9-10-7-5-4-6-8-10/h4*4-8,11-13,17-18H,9H2,1-3H3/t4*11-,12+,13+/m1111/s1. The van der Waals surface area contributed by atoms with E-state index in [2.05, 4.69) is 0 Å². The Morgan fingerprint density at radius 1 is 0.312 bits per heavy atom. The number of ether oxygens (including phenoxy) is 4. The molecule has 0 aliphatic carbocycles. The van der Waals surface area contributed by atoms with Gasteiger partial charge in [0.1, 0.15) is 46.8 Å². The fraction of sp³-hybridized carbons (Fsp3) is 0.533. The van der Waals surface area contributed by atoms with Gasteiger partial charge in [-0.25, -0.2) is 0 Å². The van der Waals surface area contributed by atoms with Crippen LogP contribution in [0.25, 0.3) is 0 Å². The largest absolute Gasteiger partial charge is 0.459 e. The van der Waals surface area contributed by atoms with Crippen LogP contribution in [0, 0.1) is 0 Å². The highest BCUT2D eigenvalue weighted by Crippen LogP contribution is 2.22. The smallest absolute Gasteiger partial charge is 0.327 e. The fourth-order valence-electron chi connectivity index (χ4n) is 6.68. The van der Waals surface area contributed by atoms with E-state index in [0.717, 1.165) is 22.3 Å². The van der Waals surface area contributed by atoms with Crippen molar-refractivity contribution in [1.82, 2.24) is 0 Å². The van der Waals surface area contributed by atoms with Crippen LogP contribution in [0.15, 0.2) is 121 Å². The lowest BCUT2D eigenvalue weighted by molar-refractivity contribution is -0.159. The number of aliphatic hydroxyl groups is 8. The van der Waals surface area contributed by atoms with Crippen LogP contribution in [-0.4, -0.2) is 157 Å². The van der Waals surface area contributed by atoms with Crippen LogP contribution in [0.1, 0.15) is 105 Å². The van der Waals surface area contributed by atoms with Gasteiger partial charge in [0, 0.05) is 25.7 Å². The minimum absolute atomic E-state index is 0.216. The van der Waals surface area contributed by atoms with Crippen molar-refractivity contribution < 1.29 is 79.0 Å². The highest BCUT2D eigenvalue weighted by Gasteiger charge is 2.37.